The van der Waals surface area contributed by atoms with Crippen LogP contribution in [0, 0.1) is 6.92 Å². The number of pyridine rings is 1. The molecule has 2 aromatic heterocycles. The molecule has 0 spiro atoms. The van der Waals surface area contributed by atoms with Gasteiger partial charge in [0.2, 0.25) is 0 Å². The summed E-state index contributed by atoms with van der Waals surface area (Å²) in [4.78, 5) is 4.80. The van der Waals surface area contributed by atoms with E-state index in [1.54, 1.807) is 0 Å². The third-order valence-electron chi connectivity index (χ3n) is 7.00. The first kappa shape index (κ1) is 21.0. The van der Waals surface area contributed by atoms with Crippen molar-refractivity contribution in [2.45, 2.75) is 6.92 Å². The van der Waals surface area contributed by atoms with E-state index < -0.39 is 0 Å². The molecule has 7 aromatic rings. The Labute approximate surface area is 214 Å². The average molecular weight is 478 g/mol. The first-order chi connectivity index (χ1) is 17.7. The molecular weight excluding hydrogens is 454 g/mol. The molecule has 0 atom stereocenters. The second-order valence-electron chi connectivity index (χ2n) is 9.38. The summed E-state index contributed by atoms with van der Waals surface area (Å²) < 4.78 is 2.68. The van der Waals surface area contributed by atoms with Crippen molar-refractivity contribution in [3.05, 3.63) is 127 Å². The maximum absolute atomic E-state index is 4.80. The Bertz CT molecular complexity index is 1880. The molecular formula is C34H23NS. The number of hydrogen-bond donors (Lipinski definition) is 0. The van der Waals surface area contributed by atoms with E-state index in [0.29, 0.717) is 0 Å². The first-order valence-corrected chi connectivity index (χ1v) is 13.0. The molecule has 0 radical (unpaired) electrons. The number of hydrogen-bond acceptors (Lipinski definition) is 2. The summed E-state index contributed by atoms with van der Waals surface area (Å²) in [6.45, 7) is 2.11. The Morgan fingerprint density at radius 2 is 1.11 bits per heavy atom. The summed E-state index contributed by atoms with van der Waals surface area (Å²) in [7, 11) is 0. The summed E-state index contributed by atoms with van der Waals surface area (Å²) in [5, 5.41) is 3.83. The molecule has 2 heterocycles. The van der Waals surface area contributed by atoms with Crippen molar-refractivity contribution >= 4 is 42.4 Å². The molecule has 170 valence electrons. The summed E-state index contributed by atoms with van der Waals surface area (Å²) in [5.41, 5.74) is 9.50. The molecule has 0 saturated heterocycles. The van der Waals surface area contributed by atoms with E-state index in [4.69, 9.17) is 4.98 Å². The lowest BCUT2D eigenvalue weighted by atomic mass is 9.98. The van der Waals surface area contributed by atoms with Gasteiger partial charge in [0, 0.05) is 37.3 Å². The Balaban J connectivity index is 1.20. The molecule has 1 nitrogen and oxygen atoms in total. The second kappa shape index (κ2) is 8.44. The molecule has 36 heavy (non-hydrogen) atoms. The van der Waals surface area contributed by atoms with E-state index in [0.717, 1.165) is 16.5 Å². The third kappa shape index (κ3) is 3.67. The number of fused-ring (bicyclic) bond motifs is 4. The van der Waals surface area contributed by atoms with Crippen LogP contribution in [0.1, 0.15) is 5.56 Å². The molecule has 7 rings (SSSR count). The summed E-state index contributed by atoms with van der Waals surface area (Å²) in [6.07, 6.45) is 1.99. The van der Waals surface area contributed by atoms with Crippen molar-refractivity contribution in [3.8, 4) is 33.4 Å². The fourth-order valence-electron chi connectivity index (χ4n) is 4.97. The number of aromatic nitrogens is 1. The summed E-state index contributed by atoms with van der Waals surface area (Å²) in [5.74, 6) is 0. The molecule has 5 aromatic carbocycles. The predicted octanol–water partition coefficient (Wildman–Crippen LogP) is 9.91. The van der Waals surface area contributed by atoms with Crippen LogP contribution in [0.25, 0.3) is 64.5 Å². The van der Waals surface area contributed by atoms with Crippen LogP contribution in [0.5, 0.6) is 0 Å². The van der Waals surface area contributed by atoms with Crippen LogP contribution in [-0.2, 0) is 0 Å². The standard InChI is InChI=1S/C34H23NS/c1-22-6-8-23(9-7-22)27-14-15-28-18-29(21-35-32(28)20-27)25-12-10-24(11-13-25)26-16-17-34-31(19-26)30-4-2-3-5-33(30)36-34/h2-21H,1H3. The Morgan fingerprint density at radius 3 is 1.92 bits per heavy atom. The SMILES string of the molecule is Cc1ccc(-c2ccc3cc(-c4ccc(-c5ccc6sc7ccccc7c6c5)cc4)cnc3c2)cc1. The lowest BCUT2D eigenvalue weighted by molar-refractivity contribution is 1.40. The van der Waals surface area contributed by atoms with Gasteiger partial charge in [0.15, 0.2) is 0 Å². The van der Waals surface area contributed by atoms with Crippen LogP contribution in [0.3, 0.4) is 0 Å². The monoisotopic (exact) mass is 477 g/mol. The number of aryl methyl sites for hydroxylation is 1. The zero-order valence-electron chi connectivity index (χ0n) is 19.9. The molecule has 0 bridgehead atoms. The normalized spacial score (nSPS) is 11.5. The first-order valence-electron chi connectivity index (χ1n) is 12.2. The molecule has 2 heteroatoms. The molecule has 0 aliphatic carbocycles. The Morgan fingerprint density at radius 1 is 0.500 bits per heavy atom. The van der Waals surface area contributed by atoms with Crippen LogP contribution < -0.4 is 0 Å². The van der Waals surface area contributed by atoms with Crippen LogP contribution in [0.2, 0.25) is 0 Å². The van der Waals surface area contributed by atoms with Gasteiger partial charge in [-0.05, 0) is 65.1 Å². The highest BCUT2D eigenvalue weighted by Crippen LogP contribution is 2.36. The highest BCUT2D eigenvalue weighted by atomic mass is 32.1. The summed E-state index contributed by atoms with van der Waals surface area (Å²) in [6, 6.07) is 41.7. The van der Waals surface area contributed by atoms with Crippen molar-refractivity contribution in [1.82, 2.24) is 4.98 Å². The molecule has 0 N–H and O–H groups in total. The molecule has 0 unspecified atom stereocenters. The van der Waals surface area contributed by atoms with Gasteiger partial charge in [-0.2, -0.15) is 0 Å². The third-order valence-corrected chi connectivity index (χ3v) is 8.15. The van der Waals surface area contributed by atoms with E-state index in [9.17, 15) is 0 Å². The molecule has 0 aliphatic rings. The van der Waals surface area contributed by atoms with Gasteiger partial charge in [-0.15, -0.1) is 11.3 Å². The minimum Gasteiger partial charge on any atom is -0.256 e. The topological polar surface area (TPSA) is 12.9 Å². The molecule has 0 saturated carbocycles. The van der Waals surface area contributed by atoms with Crippen LogP contribution >= 0.6 is 11.3 Å². The van der Waals surface area contributed by atoms with Gasteiger partial charge in [0.1, 0.15) is 0 Å². The molecule has 0 fully saturated rings. The number of benzene rings is 5. The maximum atomic E-state index is 4.80. The van der Waals surface area contributed by atoms with Gasteiger partial charge >= 0.3 is 0 Å². The van der Waals surface area contributed by atoms with E-state index in [1.807, 2.05) is 17.5 Å². The van der Waals surface area contributed by atoms with Crippen molar-refractivity contribution in [2.24, 2.45) is 0 Å². The minimum atomic E-state index is 1.02. The highest BCUT2D eigenvalue weighted by Gasteiger charge is 2.08. The minimum absolute atomic E-state index is 1.02. The fourth-order valence-corrected chi connectivity index (χ4v) is 6.05. The van der Waals surface area contributed by atoms with Crippen molar-refractivity contribution < 1.29 is 0 Å². The van der Waals surface area contributed by atoms with E-state index in [-0.39, 0.29) is 0 Å². The van der Waals surface area contributed by atoms with Crippen molar-refractivity contribution in [3.63, 3.8) is 0 Å². The maximum Gasteiger partial charge on any atom is 0.0708 e. The zero-order valence-corrected chi connectivity index (χ0v) is 20.7. The van der Waals surface area contributed by atoms with E-state index in [1.165, 1.54) is 53.6 Å². The zero-order chi connectivity index (χ0) is 24.1. The van der Waals surface area contributed by atoms with Gasteiger partial charge in [-0.1, -0.05) is 90.5 Å². The van der Waals surface area contributed by atoms with E-state index >= 15 is 0 Å². The number of rotatable bonds is 3. The van der Waals surface area contributed by atoms with Crippen molar-refractivity contribution in [1.29, 1.82) is 0 Å². The summed E-state index contributed by atoms with van der Waals surface area (Å²) >= 11 is 1.86. The van der Waals surface area contributed by atoms with Crippen LogP contribution in [-0.4, -0.2) is 4.98 Å². The Hall–Kier alpha value is -4.27. The van der Waals surface area contributed by atoms with Gasteiger partial charge in [0.05, 0.1) is 5.52 Å². The van der Waals surface area contributed by atoms with Gasteiger partial charge in [-0.25, -0.2) is 0 Å². The van der Waals surface area contributed by atoms with Gasteiger partial charge < -0.3 is 0 Å². The van der Waals surface area contributed by atoms with Crippen LogP contribution in [0.4, 0.5) is 0 Å². The second-order valence-corrected chi connectivity index (χ2v) is 10.5. The van der Waals surface area contributed by atoms with Crippen LogP contribution in [0.15, 0.2) is 121 Å². The Kier molecular flexibility index (Phi) is 4.93. The number of nitrogens with zero attached hydrogens (tertiary/aromatic N) is 1. The lowest BCUT2D eigenvalue weighted by Gasteiger charge is -2.08. The van der Waals surface area contributed by atoms with Gasteiger partial charge in [0.25, 0.3) is 0 Å². The lowest BCUT2D eigenvalue weighted by Crippen LogP contribution is -1.86. The molecule has 0 aliphatic heterocycles. The fraction of sp³-hybridized carbons (Fsp3) is 0.0294. The van der Waals surface area contributed by atoms with Crippen molar-refractivity contribution in [2.75, 3.05) is 0 Å². The predicted molar refractivity (Wildman–Crippen MR) is 156 cm³/mol. The van der Waals surface area contributed by atoms with E-state index in [2.05, 4.69) is 122 Å². The molecule has 0 amide bonds. The smallest absolute Gasteiger partial charge is 0.0708 e. The highest BCUT2D eigenvalue weighted by molar-refractivity contribution is 7.25. The quantitative estimate of drug-likeness (QED) is 0.247. The largest absolute Gasteiger partial charge is 0.256 e. The average Bonchev–Trinajstić information content (AvgIpc) is 3.31. The van der Waals surface area contributed by atoms with Gasteiger partial charge in [-0.3, -0.25) is 4.98 Å². The number of thiophene rings is 1.